The van der Waals surface area contributed by atoms with Crippen LogP contribution >= 0.6 is 0 Å². The van der Waals surface area contributed by atoms with Crippen LogP contribution in [-0.4, -0.2) is 42.5 Å². The highest BCUT2D eigenvalue weighted by molar-refractivity contribution is 5.91. The van der Waals surface area contributed by atoms with Crippen LogP contribution in [0.15, 0.2) is 54.6 Å². The van der Waals surface area contributed by atoms with E-state index in [2.05, 4.69) is 5.32 Å². The predicted molar refractivity (Wildman–Crippen MR) is 115 cm³/mol. The van der Waals surface area contributed by atoms with Crippen LogP contribution < -0.4 is 10.1 Å². The highest BCUT2D eigenvalue weighted by Gasteiger charge is 2.23. The summed E-state index contributed by atoms with van der Waals surface area (Å²) in [5.41, 5.74) is 3.19. The molecule has 3 rings (SSSR count). The van der Waals surface area contributed by atoms with Crippen molar-refractivity contribution in [1.82, 2.24) is 10.2 Å². The molecule has 1 N–H and O–H groups in total. The molecular formula is C24H28N2O3. The number of carbonyl (C=O) groups is 2. The van der Waals surface area contributed by atoms with Gasteiger partial charge in [0, 0.05) is 25.2 Å². The number of nitrogens with zero attached hydrogens (tertiary/aromatic N) is 1. The molecule has 2 amide bonds. The van der Waals surface area contributed by atoms with Crippen LogP contribution in [0.3, 0.4) is 0 Å². The highest BCUT2D eigenvalue weighted by atomic mass is 16.5. The van der Waals surface area contributed by atoms with E-state index in [0.29, 0.717) is 13.1 Å². The Morgan fingerprint density at radius 1 is 1.10 bits per heavy atom. The molecule has 2 aromatic carbocycles. The molecule has 29 heavy (non-hydrogen) atoms. The number of nitrogens with one attached hydrogen (secondary N) is 1. The molecule has 1 aliphatic rings. The van der Waals surface area contributed by atoms with Crippen molar-refractivity contribution in [3.63, 3.8) is 0 Å². The lowest BCUT2D eigenvalue weighted by Crippen LogP contribution is -2.47. The molecule has 0 saturated carbocycles. The minimum Gasteiger partial charge on any atom is -0.484 e. The third-order valence-corrected chi connectivity index (χ3v) is 5.10. The van der Waals surface area contributed by atoms with Crippen LogP contribution in [0, 0.1) is 13.8 Å². The number of benzene rings is 2. The minimum atomic E-state index is -0.100. The predicted octanol–water partition coefficient (Wildman–Crippen LogP) is 3.50. The zero-order valence-corrected chi connectivity index (χ0v) is 17.1. The molecular weight excluding hydrogens is 364 g/mol. The van der Waals surface area contributed by atoms with E-state index in [4.69, 9.17) is 4.74 Å². The van der Waals surface area contributed by atoms with Crippen molar-refractivity contribution in [2.45, 2.75) is 32.7 Å². The van der Waals surface area contributed by atoms with Crippen molar-refractivity contribution in [2.24, 2.45) is 0 Å². The second-order valence-corrected chi connectivity index (χ2v) is 7.47. The second kappa shape index (κ2) is 9.92. The summed E-state index contributed by atoms with van der Waals surface area (Å²) in [4.78, 5) is 26.4. The maximum Gasteiger partial charge on any atom is 0.260 e. The van der Waals surface area contributed by atoms with Gasteiger partial charge in [-0.05, 0) is 50.0 Å². The van der Waals surface area contributed by atoms with Gasteiger partial charge in [0.05, 0.1) is 0 Å². The van der Waals surface area contributed by atoms with Gasteiger partial charge in [-0.15, -0.1) is 0 Å². The van der Waals surface area contributed by atoms with E-state index in [0.717, 1.165) is 29.7 Å². The molecule has 0 spiro atoms. The third-order valence-electron chi connectivity index (χ3n) is 5.10. The van der Waals surface area contributed by atoms with Gasteiger partial charge in [0.1, 0.15) is 5.75 Å². The van der Waals surface area contributed by atoms with E-state index in [-0.39, 0.29) is 24.5 Å². The van der Waals surface area contributed by atoms with E-state index in [1.54, 1.807) is 12.2 Å². The molecule has 0 aliphatic carbocycles. The van der Waals surface area contributed by atoms with Gasteiger partial charge in [0.25, 0.3) is 5.91 Å². The first-order chi connectivity index (χ1) is 14.0. The van der Waals surface area contributed by atoms with Crippen molar-refractivity contribution >= 4 is 17.9 Å². The fourth-order valence-corrected chi connectivity index (χ4v) is 3.45. The first-order valence-corrected chi connectivity index (χ1v) is 10.0. The summed E-state index contributed by atoms with van der Waals surface area (Å²) in [6, 6.07) is 15.7. The molecule has 1 aliphatic heterocycles. The molecule has 0 aromatic heterocycles. The lowest BCUT2D eigenvalue weighted by Gasteiger charge is -2.32. The molecule has 1 fully saturated rings. The Bertz CT molecular complexity index is 869. The van der Waals surface area contributed by atoms with Gasteiger partial charge in [0.15, 0.2) is 6.61 Å². The Hall–Kier alpha value is -3.08. The SMILES string of the molecule is Cc1ccc(OCC(=O)N2CCC(NC(=O)/C=C/c3ccccc3)CC2)c(C)c1. The number of carbonyl (C=O) groups excluding carboxylic acids is 2. The van der Waals surface area contributed by atoms with E-state index < -0.39 is 0 Å². The van der Waals surface area contributed by atoms with Gasteiger partial charge >= 0.3 is 0 Å². The maximum atomic E-state index is 12.4. The van der Waals surface area contributed by atoms with E-state index in [1.807, 2.05) is 67.3 Å². The Morgan fingerprint density at radius 2 is 1.83 bits per heavy atom. The number of piperidine rings is 1. The fourth-order valence-electron chi connectivity index (χ4n) is 3.45. The molecule has 5 heteroatoms. The molecule has 152 valence electrons. The molecule has 0 radical (unpaired) electrons. The maximum absolute atomic E-state index is 12.4. The Morgan fingerprint density at radius 3 is 2.52 bits per heavy atom. The summed E-state index contributed by atoms with van der Waals surface area (Å²) >= 11 is 0. The minimum absolute atomic E-state index is 0.0151. The number of ether oxygens (including phenoxy) is 1. The van der Waals surface area contributed by atoms with Gasteiger partial charge in [-0.3, -0.25) is 9.59 Å². The van der Waals surface area contributed by atoms with Crippen molar-refractivity contribution < 1.29 is 14.3 Å². The van der Waals surface area contributed by atoms with Crippen LogP contribution in [0.4, 0.5) is 0 Å². The molecule has 0 bridgehead atoms. The van der Waals surface area contributed by atoms with E-state index in [9.17, 15) is 9.59 Å². The number of hydrogen-bond donors (Lipinski definition) is 1. The number of likely N-dealkylation sites (tertiary alicyclic amines) is 1. The molecule has 2 aromatic rings. The van der Waals surface area contributed by atoms with Crippen LogP contribution in [0.25, 0.3) is 6.08 Å². The summed E-state index contributed by atoms with van der Waals surface area (Å²) in [6.45, 7) is 5.31. The monoisotopic (exact) mass is 392 g/mol. The topological polar surface area (TPSA) is 58.6 Å². The normalized spacial score (nSPS) is 14.8. The summed E-state index contributed by atoms with van der Waals surface area (Å²) in [7, 11) is 0. The van der Waals surface area contributed by atoms with Crippen molar-refractivity contribution in [3.05, 3.63) is 71.3 Å². The Labute approximate surface area is 172 Å². The highest BCUT2D eigenvalue weighted by Crippen LogP contribution is 2.19. The number of hydrogen-bond acceptors (Lipinski definition) is 3. The molecule has 0 unspecified atom stereocenters. The summed E-state index contributed by atoms with van der Waals surface area (Å²) < 4.78 is 5.70. The van der Waals surface area contributed by atoms with Gasteiger partial charge < -0.3 is 15.0 Å². The average molecular weight is 392 g/mol. The van der Waals surface area contributed by atoms with Crippen LogP contribution in [-0.2, 0) is 9.59 Å². The first kappa shape index (κ1) is 20.6. The van der Waals surface area contributed by atoms with Gasteiger partial charge in [-0.1, -0.05) is 48.0 Å². The Balaban J connectivity index is 1.41. The van der Waals surface area contributed by atoms with E-state index >= 15 is 0 Å². The second-order valence-electron chi connectivity index (χ2n) is 7.47. The average Bonchev–Trinajstić information content (AvgIpc) is 2.73. The van der Waals surface area contributed by atoms with Crippen LogP contribution in [0.2, 0.25) is 0 Å². The third kappa shape index (κ3) is 6.21. The van der Waals surface area contributed by atoms with Crippen molar-refractivity contribution in [1.29, 1.82) is 0 Å². The molecule has 1 heterocycles. The molecule has 5 nitrogen and oxygen atoms in total. The number of rotatable bonds is 6. The molecule has 0 atom stereocenters. The summed E-state index contributed by atoms with van der Waals surface area (Å²) in [5.74, 6) is 0.631. The Kier molecular flexibility index (Phi) is 7.06. The van der Waals surface area contributed by atoms with Crippen molar-refractivity contribution in [3.8, 4) is 5.75 Å². The van der Waals surface area contributed by atoms with Gasteiger partial charge in [0.2, 0.25) is 5.91 Å². The zero-order valence-electron chi connectivity index (χ0n) is 17.1. The number of amides is 2. The first-order valence-electron chi connectivity index (χ1n) is 10.0. The lowest BCUT2D eigenvalue weighted by molar-refractivity contribution is -0.134. The van der Waals surface area contributed by atoms with Crippen LogP contribution in [0.5, 0.6) is 5.75 Å². The fraction of sp³-hybridized carbons (Fsp3) is 0.333. The van der Waals surface area contributed by atoms with Crippen LogP contribution in [0.1, 0.15) is 29.5 Å². The number of aryl methyl sites for hydroxylation is 2. The standard InChI is InChI=1S/C24H28N2O3/c1-18-8-10-22(19(2)16-18)29-17-24(28)26-14-12-21(13-15-26)25-23(27)11-9-20-6-4-3-5-7-20/h3-11,16,21H,12-15,17H2,1-2H3,(H,25,27)/b11-9+. The zero-order chi connectivity index (χ0) is 20.6. The lowest BCUT2D eigenvalue weighted by atomic mass is 10.0. The summed E-state index contributed by atoms with van der Waals surface area (Å²) in [5, 5.41) is 3.02. The largest absolute Gasteiger partial charge is 0.484 e. The summed E-state index contributed by atoms with van der Waals surface area (Å²) in [6.07, 6.45) is 4.86. The van der Waals surface area contributed by atoms with Gasteiger partial charge in [-0.2, -0.15) is 0 Å². The quantitative estimate of drug-likeness (QED) is 0.766. The smallest absolute Gasteiger partial charge is 0.260 e. The van der Waals surface area contributed by atoms with Crippen molar-refractivity contribution in [2.75, 3.05) is 19.7 Å². The van der Waals surface area contributed by atoms with Gasteiger partial charge in [-0.25, -0.2) is 0 Å². The van der Waals surface area contributed by atoms with E-state index in [1.165, 1.54) is 5.56 Å². The molecule has 1 saturated heterocycles.